The second-order valence-electron chi connectivity index (χ2n) is 6.80. The predicted octanol–water partition coefficient (Wildman–Crippen LogP) is 3.50. The van der Waals surface area contributed by atoms with E-state index in [-0.39, 0.29) is 27.5 Å². The van der Waals surface area contributed by atoms with Gasteiger partial charge in [-0.05, 0) is 25.1 Å². The van der Waals surface area contributed by atoms with Gasteiger partial charge in [-0.1, -0.05) is 71.8 Å². The molecule has 0 aliphatic heterocycles. The minimum Gasteiger partial charge on any atom is -0.452 e. The number of hydrazine groups is 1. The molecule has 0 radical (unpaired) electrons. The molecule has 0 heterocycles. The number of carbonyl (C=O) groups is 4. The first-order chi connectivity index (χ1) is 15.4. The van der Waals surface area contributed by atoms with Gasteiger partial charge >= 0.3 is 5.97 Å². The van der Waals surface area contributed by atoms with Crippen LogP contribution in [0.5, 0.6) is 0 Å². The molecule has 0 unspecified atom stereocenters. The maximum absolute atomic E-state index is 12.8. The lowest BCUT2D eigenvalue weighted by atomic mass is 9.98. The molecule has 0 aliphatic carbocycles. The Morgan fingerprint density at radius 1 is 0.781 bits per heavy atom. The number of esters is 1. The summed E-state index contributed by atoms with van der Waals surface area (Å²) in [7, 11) is 0. The molecule has 3 rings (SSSR count). The van der Waals surface area contributed by atoms with Crippen LogP contribution in [0.1, 0.15) is 42.2 Å². The summed E-state index contributed by atoms with van der Waals surface area (Å²) in [6, 6.07) is 19.5. The van der Waals surface area contributed by atoms with E-state index in [0.29, 0.717) is 5.56 Å². The third kappa shape index (κ3) is 5.59. The Balaban J connectivity index is 1.60. The van der Waals surface area contributed by atoms with Gasteiger partial charge in [0.25, 0.3) is 11.8 Å². The first-order valence-corrected chi connectivity index (χ1v) is 9.96. The number of hydrogen-bond acceptors (Lipinski definition) is 5. The Hall–Kier alpha value is -3.97. The first-order valence-electron chi connectivity index (χ1n) is 9.58. The number of carbonyl (C=O) groups excluding carboxylic acids is 4. The minimum absolute atomic E-state index is 0.0333. The third-order valence-electron chi connectivity index (χ3n) is 4.47. The number of benzene rings is 3. The zero-order valence-electron chi connectivity index (χ0n) is 17.1. The number of halogens is 1. The van der Waals surface area contributed by atoms with Gasteiger partial charge in [-0.2, -0.15) is 0 Å². The van der Waals surface area contributed by atoms with E-state index < -0.39 is 24.4 Å². The molecule has 0 fully saturated rings. The van der Waals surface area contributed by atoms with Crippen molar-refractivity contribution < 1.29 is 23.9 Å². The second kappa shape index (κ2) is 10.4. The summed E-state index contributed by atoms with van der Waals surface area (Å²) in [6.07, 6.45) is 0. The molecule has 0 saturated heterocycles. The van der Waals surface area contributed by atoms with Crippen LogP contribution in [0.15, 0.2) is 72.8 Å². The highest BCUT2D eigenvalue weighted by Gasteiger charge is 2.20. The smallest absolute Gasteiger partial charge is 0.339 e. The Kier molecular flexibility index (Phi) is 7.36. The number of nitrogens with one attached hydrogen (secondary N) is 2. The van der Waals surface area contributed by atoms with Crippen molar-refractivity contribution >= 4 is 35.2 Å². The molecule has 0 bridgehead atoms. The van der Waals surface area contributed by atoms with E-state index in [4.69, 9.17) is 16.3 Å². The van der Waals surface area contributed by atoms with Gasteiger partial charge in [0, 0.05) is 11.1 Å². The van der Waals surface area contributed by atoms with Crippen molar-refractivity contribution in [3.8, 4) is 0 Å². The molecule has 0 aromatic heterocycles. The molecule has 162 valence electrons. The number of hydrogen-bond donors (Lipinski definition) is 2. The van der Waals surface area contributed by atoms with Gasteiger partial charge in [0.2, 0.25) is 0 Å². The van der Waals surface area contributed by atoms with Gasteiger partial charge in [-0.25, -0.2) is 4.79 Å². The van der Waals surface area contributed by atoms with Gasteiger partial charge in [0.1, 0.15) is 0 Å². The molecule has 0 atom stereocenters. The maximum Gasteiger partial charge on any atom is 0.339 e. The topological polar surface area (TPSA) is 102 Å². The van der Waals surface area contributed by atoms with Gasteiger partial charge < -0.3 is 4.74 Å². The quantitative estimate of drug-likeness (QED) is 0.340. The van der Waals surface area contributed by atoms with E-state index in [9.17, 15) is 19.2 Å². The van der Waals surface area contributed by atoms with Crippen molar-refractivity contribution in [1.29, 1.82) is 0 Å². The highest BCUT2D eigenvalue weighted by atomic mass is 35.5. The summed E-state index contributed by atoms with van der Waals surface area (Å²) < 4.78 is 5.02. The van der Waals surface area contributed by atoms with Crippen LogP contribution in [-0.2, 0) is 9.53 Å². The molecule has 3 aromatic rings. The van der Waals surface area contributed by atoms with E-state index in [1.807, 2.05) is 6.92 Å². The lowest BCUT2D eigenvalue weighted by Crippen LogP contribution is -2.43. The summed E-state index contributed by atoms with van der Waals surface area (Å²) in [5.74, 6) is -2.56. The van der Waals surface area contributed by atoms with E-state index in [0.717, 1.165) is 5.56 Å². The Morgan fingerprint density at radius 2 is 1.38 bits per heavy atom. The molecule has 8 heteroatoms. The summed E-state index contributed by atoms with van der Waals surface area (Å²) in [5, 5.41) is 0.223. The predicted molar refractivity (Wildman–Crippen MR) is 118 cm³/mol. The lowest BCUT2D eigenvalue weighted by Gasteiger charge is -2.11. The molecule has 7 nitrogen and oxygen atoms in total. The number of amides is 2. The van der Waals surface area contributed by atoms with Crippen molar-refractivity contribution in [3.63, 3.8) is 0 Å². The highest BCUT2D eigenvalue weighted by molar-refractivity contribution is 6.33. The number of ketones is 1. The lowest BCUT2D eigenvalue weighted by molar-refractivity contribution is -0.125. The van der Waals surface area contributed by atoms with Crippen molar-refractivity contribution in [2.75, 3.05) is 6.61 Å². The Bertz CT molecular complexity index is 1180. The molecular formula is C24H19ClN2O5. The molecule has 0 spiro atoms. The van der Waals surface area contributed by atoms with Crippen molar-refractivity contribution in [2.45, 2.75) is 6.92 Å². The van der Waals surface area contributed by atoms with Crippen LogP contribution < -0.4 is 10.9 Å². The van der Waals surface area contributed by atoms with Crippen molar-refractivity contribution in [3.05, 3.63) is 106 Å². The van der Waals surface area contributed by atoms with Crippen LogP contribution in [0.25, 0.3) is 0 Å². The maximum atomic E-state index is 12.8. The average molecular weight is 451 g/mol. The fraction of sp³-hybridized carbons (Fsp3) is 0.0833. The van der Waals surface area contributed by atoms with Crippen molar-refractivity contribution in [2.24, 2.45) is 0 Å². The molecule has 32 heavy (non-hydrogen) atoms. The average Bonchev–Trinajstić information content (AvgIpc) is 2.81. The van der Waals surface area contributed by atoms with Crippen LogP contribution >= 0.6 is 11.6 Å². The first kappa shape index (κ1) is 22.7. The molecular weight excluding hydrogens is 432 g/mol. The van der Waals surface area contributed by atoms with Gasteiger partial charge in [0.15, 0.2) is 12.4 Å². The molecule has 3 aromatic carbocycles. The monoisotopic (exact) mass is 450 g/mol. The fourth-order valence-corrected chi connectivity index (χ4v) is 3.03. The van der Waals surface area contributed by atoms with Crippen LogP contribution in [-0.4, -0.2) is 30.2 Å². The van der Waals surface area contributed by atoms with Gasteiger partial charge in [-0.3, -0.25) is 25.2 Å². The van der Waals surface area contributed by atoms with Crippen LogP contribution in [0, 0.1) is 6.92 Å². The molecule has 0 saturated carbocycles. The molecule has 2 amide bonds. The van der Waals surface area contributed by atoms with Gasteiger partial charge in [0.05, 0.1) is 16.1 Å². The number of rotatable bonds is 6. The van der Waals surface area contributed by atoms with E-state index in [1.165, 1.54) is 24.3 Å². The SMILES string of the molecule is Cc1ccc(C(=O)c2ccccc2C(=O)OCC(=O)NNC(=O)c2ccccc2Cl)cc1. The Morgan fingerprint density at radius 3 is 2.03 bits per heavy atom. The normalized spacial score (nSPS) is 10.2. The van der Waals surface area contributed by atoms with E-state index in [2.05, 4.69) is 10.9 Å². The number of aryl methyl sites for hydroxylation is 1. The standard InChI is InChI=1S/C24H19ClN2O5/c1-15-10-12-16(13-11-15)22(29)17-6-2-3-7-18(17)24(31)32-14-21(28)26-27-23(30)19-8-4-5-9-20(19)25/h2-13H,14H2,1H3,(H,26,28)(H,27,30). The van der Waals surface area contributed by atoms with Crippen LogP contribution in [0.3, 0.4) is 0 Å². The fourth-order valence-electron chi connectivity index (χ4n) is 2.80. The third-order valence-corrected chi connectivity index (χ3v) is 4.80. The highest BCUT2D eigenvalue weighted by Crippen LogP contribution is 2.17. The number of ether oxygens (including phenoxy) is 1. The largest absolute Gasteiger partial charge is 0.452 e. The van der Waals surface area contributed by atoms with Crippen molar-refractivity contribution in [1.82, 2.24) is 10.9 Å². The van der Waals surface area contributed by atoms with Crippen LogP contribution in [0.4, 0.5) is 0 Å². The van der Waals surface area contributed by atoms with Crippen LogP contribution in [0.2, 0.25) is 5.02 Å². The molecule has 0 aliphatic rings. The van der Waals surface area contributed by atoms with E-state index in [1.54, 1.807) is 48.5 Å². The summed E-state index contributed by atoms with van der Waals surface area (Å²) in [6.45, 7) is 1.25. The zero-order valence-corrected chi connectivity index (χ0v) is 17.8. The minimum atomic E-state index is -0.839. The van der Waals surface area contributed by atoms with E-state index >= 15 is 0 Å². The zero-order chi connectivity index (χ0) is 23.1. The van der Waals surface area contributed by atoms with Gasteiger partial charge in [-0.15, -0.1) is 0 Å². The summed E-state index contributed by atoms with van der Waals surface area (Å²) in [4.78, 5) is 49.3. The summed E-state index contributed by atoms with van der Waals surface area (Å²) in [5.41, 5.74) is 6.13. The second-order valence-corrected chi connectivity index (χ2v) is 7.21. The Labute approximate surface area is 189 Å². The molecule has 2 N–H and O–H groups in total. The summed E-state index contributed by atoms with van der Waals surface area (Å²) >= 11 is 5.93.